The standard InChI is InChI=1S/C65H41NO/c1-2-18-42(19-3-1)47-22-10-15-31-62(47)66(45-34-36-50-54-27-11-16-32-63(54)67-64-33-17-12-28-55(64)56(50)40-45)46-35-37-53-49-24-7-6-23-48(49)51-25-8-13-29-58(51)65(61(53)41-46)59-30-14-9-26-52(59)57-38-43-20-4-5-21-44(43)39-60(57)65/h1-41H. The second-order valence-electron chi connectivity index (χ2n) is 17.9. The number of para-hydroxylation sites is 3. The third-order valence-corrected chi connectivity index (χ3v) is 14.5. The van der Waals surface area contributed by atoms with Gasteiger partial charge in [0, 0.05) is 28.1 Å². The van der Waals surface area contributed by atoms with E-state index >= 15 is 0 Å². The molecule has 1 aliphatic heterocycles. The Kier molecular flexibility index (Phi) is 8.23. The number of benzene rings is 11. The van der Waals surface area contributed by atoms with Gasteiger partial charge in [-0.15, -0.1) is 0 Å². The molecule has 2 heteroatoms. The minimum atomic E-state index is -0.657. The Morgan fingerprint density at radius 1 is 0.269 bits per heavy atom. The van der Waals surface area contributed by atoms with E-state index < -0.39 is 5.41 Å². The van der Waals surface area contributed by atoms with E-state index in [1.165, 1.54) is 66.4 Å². The van der Waals surface area contributed by atoms with E-state index in [0.29, 0.717) is 0 Å². The van der Waals surface area contributed by atoms with Crippen LogP contribution < -0.4 is 9.64 Å². The first-order valence-corrected chi connectivity index (χ1v) is 23.2. The Bertz CT molecular complexity index is 3810. The second-order valence-corrected chi connectivity index (χ2v) is 17.9. The molecule has 3 aliphatic rings. The zero-order valence-corrected chi connectivity index (χ0v) is 36.5. The third-order valence-electron chi connectivity index (χ3n) is 14.5. The summed E-state index contributed by atoms with van der Waals surface area (Å²) >= 11 is 0. The predicted molar refractivity (Wildman–Crippen MR) is 277 cm³/mol. The van der Waals surface area contributed by atoms with Crippen LogP contribution >= 0.6 is 0 Å². The Labute approximate surface area is 390 Å². The molecule has 312 valence electrons. The van der Waals surface area contributed by atoms with Crippen LogP contribution in [-0.2, 0) is 5.41 Å². The van der Waals surface area contributed by atoms with Gasteiger partial charge in [-0.1, -0.05) is 194 Å². The molecule has 1 spiro atoms. The molecular weight excluding hydrogens is 811 g/mol. The largest absolute Gasteiger partial charge is 0.456 e. The van der Waals surface area contributed by atoms with Crippen molar-refractivity contribution in [3.05, 3.63) is 271 Å². The number of fused-ring (bicyclic) bond motifs is 18. The Morgan fingerprint density at radius 3 is 1.40 bits per heavy atom. The summed E-state index contributed by atoms with van der Waals surface area (Å²) in [5.41, 5.74) is 21.9. The van der Waals surface area contributed by atoms with E-state index in [-0.39, 0.29) is 0 Å². The lowest BCUT2D eigenvalue weighted by Crippen LogP contribution is -2.29. The molecule has 11 aromatic carbocycles. The monoisotopic (exact) mass is 851 g/mol. The summed E-state index contributed by atoms with van der Waals surface area (Å²) in [7, 11) is 0. The van der Waals surface area contributed by atoms with Crippen LogP contribution in [0.15, 0.2) is 249 Å². The highest BCUT2D eigenvalue weighted by Crippen LogP contribution is 2.63. The van der Waals surface area contributed by atoms with Gasteiger partial charge in [-0.05, 0) is 138 Å². The first-order valence-electron chi connectivity index (χ1n) is 23.2. The Morgan fingerprint density at radius 2 is 0.716 bits per heavy atom. The Balaban J connectivity index is 1.11. The number of anilines is 3. The van der Waals surface area contributed by atoms with Crippen LogP contribution in [0.5, 0.6) is 11.5 Å². The van der Waals surface area contributed by atoms with E-state index in [1.807, 2.05) is 0 Å². The highest BCUT2D eigenvalue weighted by Gasteiger charge is 2.50. The number of rotatable bonds is 4. The second kappa shape index (κ2) is 14.7. The number of ether oxygens (including phenoxy) is 1. The van der Waals surface area contributed by atoms with E-state index in [1.54, 1.807) is 0 Å². The molecule has 0 saturated carbocycles. The van der Waals surface area contributed by atoms with Crippen molar-refractivity contribution in [2.45, 2.75) is 5.41 Å². The molecule has 0 bridgehead atoms. The average Bonchev–Trinajstić information content (AvgIpc) is 3.52. The molecule has 0 radical (unpaired) electrons. The van der Waals surface area contributed by atoms with Crippen LogP contribution in [0, 0.1) is 0 Å². The fourth-order valence-electron chi connectivity index (χ4n) is 11.7. The quantitative estimate of drug-likeness (QED) is 0.175. The van der Waals surface area contributed by atoms with Crippen molar-refractivity contribution in [3.63, 3.8) is 0 Å². The van der Waals surface area contributed by atoms with Crippen LogP contribution in [0.1, 0.15) is 22.3 Å². The lowest BCUT2D eigenvalue weighted by atomic mass is 9.65. The highest BCUT2D eigenvalue weighted by atomic mass is 16.5. The molecule has 14 rings (SSSR count). The SMILES string of the molecule is c1ccc(-c2ccccc2N(c2ccc3c(c2)-c2ccccc2Oc2ccccc2-3)c2ccc3c(c2)C2(c4ccccc4-c4ccccc4-3)c3ccccc3-c3cc4ccccc4cc32)cc1. The summed E-state index contributed by atoms with van der Waals surface area (Å²) in [6, 6.07) is 91.8. The zero-order chi connectivity index (χ0) is 44.1. The van der Waals surface area contributed by atoms with E-state index in [9.17, 15) is 0 Å². The first-order chi connectivity index (χ1) is 33.2. The number of nitrogens with zero attached hydrogens (tertiary/aromatic N) is 1. The minimum absolute atomic E-state index is 0.657. The summed E-state index contributed by atoms with van der Waals surface area (Å²) in [6.07, 6.45) is 0. The van der Waals surface area contributed by atoms with Crippen molar-refractivity contribution in [1.82, 2.24) is 0 Å². The molecule has 1 unspecified atom stereocenters. The fraction of sp³-hybridized carbons (Fsp3) is 0.0154. The van der Waals surface area contributed by atoms with Crippen LogP contribution in [-0.4, -0.2) is 0 Å². The summed E-state index contributed by atoms with van der Waals surface area (Å²) in [6.45, 7) is 0. The van der Waals surface area contributed by atoms with Gasteiger partial charge in [0.2, 0.25) is 0 Å². The van der Waals surface area contributed by atoms with Gasteiger partial charge < -0.3 is 9.64 Å². The molecule has 0 aromatic heterocycles. The molecule has 2 aliphatic carbocycles. The van der Waals surface area contributed by atoms with Crippen molar-refractivity contribution < 1.29 is 4.74 Å². The maximum absolute atomic E-state index is 6.69. The van der Waals surface area contributed by atoms with Crippen molar-refractivity contribution >= 4 is 27.8 Å². The summed E-state index contributed by atoms with van der Waals surface area (Å²) in [5, 5.41) is 2.48. The molecular formula is C65H41NO. The van der Waals surface area contributed by atoms with Crippen LogP contribution in [0.4, 0.5) is 17.1 Å². The van der Waals surface area contributed by atoms with Crippen LogP contribution in [0.3, 0.4) is 0 Å². The highest BCUT2D eigenvalue weighted by molar-refractivity contribution is 6.02. The molecule has 0 N–H and O–H groups in total. The maximum Gasteiger partial charge on any atom is 0.135 e. The van der Waals surface area contributed by atoms with Gasteiger partial charge in [-0.3, -0.25) is 0 Å². The number of hydrogen-bond donors (Lipinski definition) is 0. The van der Waals surface area contributed by atoms with Crippen molar-refractivity contribution in [3.8, 4) is 78.3 Å². The van der Waals surface area contributed by atoms with Gasteiger partial charge in [-0.2, -0.15) is 0 Å². The lowest BCUT2D eigenvalue weighted by Gasteiger charge is -2.37. The average molecular weight is 852 g/mol. The van der Waals surface area contributed by atoms with Crippen LogP contribution in [0.2, 0.25) is 0 Å². The fourth-order valence-corrected chi connectivity index (χ4v) is 11.7. The molecule has 0 fully saturated rings. The summed E-state index contributed by atoms with van der Waals surface area (Å²) < 4.78 is 6.69. The Hall–Kier alpha value is -8.72. The van der Waals surface area contributed by atoms with Crippen molar-refractivity contribution in [2.24, 2.45) is 0 Å². The van der Waals surface area contributed by atoms with Crippen molar-refractivity contribution in [2.75, 3.05) is 4.90 Å². The predicted octanol–water partition coefficient (Wildman–Crippen LogP) is 17.4. The van der Waals surface area contributed by atoms with Crippen molar-refractivity contribution in [1.29, 1.82) is 0 Å². The molecule has 1 atom stereocenters. The zero-order valence-electron chi connectivity index (χ0n) is 36.5. The van der Waals surface area contributed by atoms with Gasteiger partial charge in [0.1, 0.15) is 11.5 Å². The van der Waals surface area contributed by atoms with Gasteiger partial charge in [0.25, 0.3) is 0 Å². The van der Waals surface area contributed by atoms with Gasteiger partial charge in [0.15, 0.2) is 0 Å². The summed E-state index contributed by atoms with van der Waals surface area (Å²) in [5.74, 6) is 1.70. The summed E-state index contributed by atoms with van der Waals surface area (Å²) in [4.78, 5) is 2.49. The molecule has 2 nitrogen and oxygen atoms in total. The number of hydrogen-bond acceptors (Lipinski definition) is 2. The molecule has 0 saturated heterocycles. The van der Waals surface area contributed by atoms with E-state index in [4.69, 9.17) is 4.74 Å². The lowest BCUT2D eigenvalue weighted by molar-refractivity contribution is 0.488. The molecule has 67 heavy (non-hydrogen) atoms. The normalized spacial score (nSPS) is 14.4. The van der Waals surface area contributed by atoms with Gasteiger partial charge in [0.05, 0.1) is 11.1 Å². The molecule has 0 amide bonds. The van der Waals surface area contributed by atoms with E-state index in [0.717, 1.165) is 61.9 Å². The van der Waals surface area contributed by atoms with E-state index in [2.05, 4.69) is 254 Å². The van der Waals surface area contributed by atoms with Crippen LogP contribution in [0.25, 0.3) is 77.5 Å². The molecule has 11 aromatic rings. The smallest absolute Gasteiger partial charge is 0.135 e. The molecule has 1 heterocycles. The third kappa shape index (κ3) is 5.51. The first kappa shape index (κ1) is 37.6. The topological polar surface area (TPSA) is 12.5 Å². The maximum atomic E-state index is 6.69. The van der Waals surface area contributed by atoms with Gasteiger partial charge >= 0.3 is 0 Å². The minimum Gasteiger partial charge on any atom is -0.456 e. The van der Waals surface area contributed by atoms with Gasteiger partial charge in [-0.25, -0.2) is 0 Å².